The first-order valence-corrected chi connectivity index (χ1v) is 13.0. The van der Waals surface area contributed by atoms with Crippen LogP contribution in [0, 0.1) is 12.3 Å². The number of benzene rings is 2. The number of carbonyl (C=O) groups excluding carboxylic acids is 1. The zero-order chi connectivity index (χ0) is 28.8. The maximum absolute atomic E-state index is 12.9. The smallest absolute Gasteiger partial charge is 0.241 e. The Hall–Kier alpha value is -4.59. The van der Waals surface area contributed by atoms with Crippen molar-refractivity contribution >= 4 is 39.8 Å². The van der Waals surface area contributed by atoms with Gasteiger partial charge in [0.15, 0.2) is 0 Å². The molecule has 10 heteroatoms. The number of hydrogen-bond donors (Lipinski definition) is 4. The Kier molecular flexibility index (Phi) is 8.89. The van der Waals surface area contributed by atoms with Gasteiger partial charge in [0.2, 0.25) is 11.9 Å². The zero-order valence-corrected chi connectivity index (χ0v) is 23.8. The molecule has 0 unspecified atom stereocenters. The van der Waals surface area contributed by atoms with Crippen LogP contribution in [0.5, 0.6) is 5.75 Å². The van der Waals surface area contributed by atoms with Crippen LogP contribution in [-0.2, 0) is 4.79 Å². The second kappa shape index (κ2) is 12.5. The van der Waals surface area contributed by atoms with Gasteiger partial charge in [0.25, 0.3) is 0 Å². The van der Waals surface area contributed by atoms with Gasteiger partial charge in [-0.2, -0.15) is 0 Å². The lowest BCUT2D eigenvalue weighted by atomic mass is 10.1. The maximum Gasteiger partial charge on any atom is 0.241 e. The zero-order valence-electron chi connectivity index (χ0n) is 23.8. The number of carbonyl (C=O) groups is 1. The third kappa shape index (κ3) is 6.17. The molecule has 1 atom stereocenters. The number of anilines is 4. The standard InChI is InChI=1S/C30H36N8O2/c1-8-20-17-33-30(36-28(20)22-18-32-23-12-10-9-11-21(22)23)35-25-15-24(34-29(39)19(2)31-3)26(16-27(25)40-7)38(6)14-13-37(4)5/h1,9-12,15-19,31-32H,13-14H2,2-7H3,(H,34,39)(H,33,35,36)/t19-/m0/s1. The minimum atomic E-state index is -0.378. The molecule has 0 bridgehead atoms. The predicted octanol–water partition coefficient (Wildman–Crippen LogP) is 3.90. The van der Waals surface area contributed by atoms with Gasteiger partial charge in [-0.15, -0.1) is 6.42 Å². The van der Waals surface area contributed by atoms with E-state index in [0.29, 0.717) is 34.3 Å². The van der Waals surface area contributed by atoms with Crippen molar-refractivity contribution in [2.45, 2.75) is 13.0 Å². The van der Waals surface area contributed by atoms with Gasteiger partial charge in [-0.3, -0.25) is 4.79 Å². The van der Waals surface area contributed by atoms with Crippen LogP contribution >= 0.6 is 0 Å². The number of nitrogens with one attached hydrogen (secondary N) is 4. The third-order valence-corrected chi connectivity index (χ3v) is 6.73. The van der Waals surface area contributed by atoms with E-state index in [2.05, 4.69) is 41.6 Å². The molecule has 4 N–H and O–H groups in total. The van der Waals surface area contributed by atoms with E-state index in [1.165, 1.54) is 0 Å². The van der Waals surface area contributed by atoms with Crippen LogP contribution in [-0.4, -0.2) is 80.2 Å². The van der Waals surface area contributed by atoms with Crippen LogP contribution in [0.4, 0.5) is 23.0 Å². The molecule has 0 aliphatic rings. The van der Waals surface area contributed by atoms with E-state index < -0.39 is 0 Å². The van der Waals surface area contributed by atoms with Gasteiger partial charge >= 0.3 is 0 Å². The number of ether oxygens (including phenoxy) is 1. The summed E-state index contributed by atoms with van der Waals surface area (Å²) >= 11 is 0. The minimum absolute atomic E-state index is 0.155. The number of methoxy groups -OCH3 is 1. The lowest BCUT2D eigenvalue weighted by Crippen LogP contribution is -2.36. The Morgan fingerprint density at radius 2 is 1.95 bits per heavy atom. The van der Waals surface area contributed by atoms with Crippen molar-refractivity contribution < 1.29 is 9.53 Å². The number of aromatic amines is 1. The van der Waals surface area contributed by atoms with E-state index in [1.807, 2.05) is 63.7 Å². The van der Waals surface area contributed by atoms with E-state index in [0.717, 1.165) is 35.2 Å². The molecule has 0 aliphatic heterocycles. The number of nitrogens with zero attached hydrogens (tertiary/aromatic N) is 4. The molecule has 10 nitrogen and oxygen atoms in total. The number of para-hydroxylation sites is 1. The Morgan fingerprint density at radius 3 is 2.65 bits per heavy atom. The molecular weight excluding hydrogens is 504 g/mol. The van der Waals surface area contributed by atoms with Crippen LogP contribution in [0.15, 0.2) is 48.8 Å². The average Bonchev–Trinajstić information content (AvgIpc) is 3.39. The molecule has 4 aromatic rings. The lowest BCUT2D eigenvalue weighted by molar-refractivity contribution is -0.117. The molecule has 0 saturated carbocycles. The van der Waals surface area contributed by atoms with Crippen LogP contribution in [0.25, 0.3) is 22.2 Å². The largest absolute Gasteiger partial charge is 0.494 e. The predicted molar refractivity (Wildman–Crippen MR) is 163 cm³/mol. The second-order valence-corrected chi connectivity index (χ2v) is 9.77. The monoisotopic (exact) mass is 540 g/mol. The molecule has 208 valence electrons. The van der Waals surface area contributed by atoms with Crippen molar-refractivity contribution in [3.8, 4) is 29.4 Å². The number of H-pyrrole nitrogens is 1. The highest BCUT2D eigenvalue weighted by atomic mass is 16.5. The van der Waals surface area contributed by atoms with Gasteiger partial charge in [-0.1, -0.05) is 24.1 Å². The Bertz CT molecular complexity index is 1540. The summed E-state index contributed by atoms with van der Waals surface area (Å²) in [6.45, 7) is 3.39. The lowest BCUT2D eigenvalue weighted by Gasteiger charge is -2.26. The molecule has 0 spiro atoms. The summed E-state index contributed by atoms with van der Waals surface area (Å²) in [5, 5.41) is 10.3. The van der Waals surface area contributed by atoms with Crippen molar-refractivity contribution in [1.82, 2.24) is 25.2 Å². The molecule has 40 heavy (non-hydrogen) atoms. The summed E-state index contributed by atoms with van der Waals surface area (Å²) in [7, 11) is 9.38. The molecule has 2 heterocycles. The molecule has 0 fully saturated rings. The van der Waals surface area contributed by atoms with Crippen LogP contribution < -0.4 is 25.6 Å². The van der Waals surface area contributed by atoms with Gasteiger partial charge in [0, 0.05) is 55.1 Å². The van der Waals surface area contributed by atoms with Gasteiger partial charge in [-0.25, -0.2) is 9.97 Å². The first-order valence-electron chi connectivity index (χ1n) is 13.0. The Labute approximate surface area is 235 Å². The number of terminal acetylenes is 1. The van der Waals surface area contributed by atoms with Gasteiger partial charge in [0.1, 0.15) is 5.75 Å². The second-order valence-electron chi connectivity index (χ2n) is 9.77. The van der Waals surface area contributed by atoms with Crippen molar-refractivity contribution in [3.63, 3.8) is 0 Å². The number of aromatic nitrogens is 3. The molecule has 4 rings (SSSR count). The highest BCUT2D eigenvalue weighted by Crippen LogP contribution is 2.38. The highest BCUT2D eigenvalue weighted by Gasteiger charge is 2.20. The molecule has 0 radical (unpaired) electrons. The molecule has 2 aromatic heterocycles. The average molecular weight is 541 g/mol. The fraction of sp³-hybridized carbons (Fsp3) is 0.300. The summed E-state index contributed by atoms with van der Waals surface area (Å²) in [6, 6.07) is 11.3. The third-order valence-electron chi connectivity index (χ3n) is 6.73. The van der Waals surface area contributed by atoms with Gasteiger partial charge in [0.05, 0.1) is 41.5 Å². The van der Waals surface area contributed by atoms with E-state index in [1.54, 1.807) is 27.3 Å². The van der Waals surface area contributed by atoms with E-state index in [4.69, 9.17) is 16.1 Å². The quantitative estimate of drug-likeness (QED) is 0.212. The topological polar surface area (TPSA) is 110 Å². The fourth-order valence-corrected chi connectivity index (χ4v) is 4.23. The van der Waals surface area contributed by atoms with E-state index in [9.17, 15) is 4.79 Å². The first kappa shape index (κ1) is 28.4. The van der Waals surface area contributed by atoms with Gasteiger partial charge in [-0.05, 0) is 40.2 Å². The fourth-order valence-electron chi connectivity index (χ4n) is 4.23. The van der Waals surface area contributed by atoms with Crippen LogP contribution in [0.1, 0.15) is 12.5 Å². The first-order chi connectivity index (χ1) is 19.2. The molecule has 1 amide bonds. The minimum Gasteiger partial charge on any atom is -0.494 e. The molecule has 2 aromatic carbocycles. The number of hydrogen-bond acceptors (Lipinski definition) is 8. The van der Waals surface area contributed by atoms with Crippen molar-refractivity contribution in [1.29, 1.82) is 0 Å². The van der Waals surface area contributed by atoms with Crippen molar-refractivity contribution in [2.75, 3.05) is 63.9 Å². The number of amides is 1. The normalized spacial score (nSPS) is 11.8. The summed E-state index contributed by atoms with van der Waals surface area (Å²) in [5.74, 6) is 3.45. The van der Waals surface area contributed by atoms with E-state index >= 15 is 0 Å². The SMILES string of the molecule is C#Cc1cnc(Nc2cc(NC(=O)[C@H](C)NC)c(N(C)CCN(C)C)cc2OC)nc1-c1c[nH]c2ccccc12. The maximum atomic E-state index is 12.9. The number of fused-ring (bicyclic) bond motifs is 1. The summed E-state index contributed by atoms with van der Waals surface area (Å²) < 4.78 is 5.75. The number of rotatable bonds is 11. The van der Waals surface area contributed by atoms with Crippen LogP contribution in [0.3, 0.4) is 0 Å². The molecule has 0 saturated heterocycles. The number of likely N-dealkylation sites (N-methyl/N-ethyl adjacent to an activating group) is 3. The Balaban J connectivity index is 1.75. The van der Waals surface area contributed by atoms with Crippen molar-refractivity contribution in [3.05, 3.63) is 54.4 Å². The van der Waals surface area contributed by atoms with E-state index in [-0.39, 0.29) is 11.9 Å². The van der Waals surface area contributed by atoms with Crippen LogP contribution in [0.2, 0.25) is 0 Å². The summed E-state index contributed by atoms with van der Waals surface area (Å²) in [4.78, 5) is 29.6. The summed E-state index contributed by atoms with van der Waals surface area (Å²) in [5.41, 5.74) is 5.13. The van der Waals surface area contributed by atoms with Crippen molar-refractivity contribution in [2.24, 2.45) is 0 Å². The molecular formula is C30H36N8O2. The molecule has 0 aliphatic carbocycles. The Morgan fingerprint density at radius 1 is 1.18 bits per heavy atom. The summed E-state index contributed by atoms with van der Waals surface area (Å²) in [6.07, 6.45) is 9.33. The van der Waals surface area contributed by atoms with Gasteiger partial charge < -0.3 is 35.5 Å². The highest BCUT2D eigenvalue weighted by molar-refractivity contribution is 5.99.